The summed E-state index contributed by atoms with van der Waals surface area (Å²) in [4.78, 5) is 25.7. The maximum Gasteiger partial charge on any atom is 0.307 e. The molecule has 1 amide bonds. The maximum atomic E-state index is 11.9. The van der Waals surface area contributed by atoms with Crippen LogP contribution >= 0.6 is 0 Å². The lowest BCUT2D eigenvalue weighted by Crippen LogP contribution is -2.23. The van der Waals surface area contributed by atoms with E-state index in [4.69, 9.17) is 0 Å². The highest BCUT2D eigenvalue weighted by Crippen LogP contribution is 2.14. The van der Waals surface area contributed by atoms with E-state index in [1.54, 1.807) is 31.5 Å². The quantitative estimate of drug-likeness (QED) is 0.661. The molecule has 98 valence electrons. The number of nitro groups is 1. The second-order valence-corrected chi connectivity index (χ2v) is 3.84. The van der Waals surface area contributed by atoms with Crippen molar-refractivity contribution in [1.29, 1.82) is 0 Å². The van der Waals surface area contributed by atoms with Gasteiger partial charge in [0.05, 0.1) is 4.92 Å². The van der Waals surface area contributed by atoms with E-state index in [2.05, 4.69) is 15.4 Å². The van der Waals surface area contributed by atoms with Crippen LogP contribution in [0, 0.1) is 10.1 Å². The molecular formula is C11H11N5O3. The first kappa shape index (κ1) is 12.7. The second-order valence-electron chi connectivity index (χ2n) is 3.84. The van der Waals surface area contributed by atoms with Crippen molar-refractivity contribution in [2.75, 3.05) is 5.32 Å². The standard InChI is InChI=1S/C11H11N5O3/c1-8(15-7-10(6-13-15)16(18)19)11(17)14-9-2-4-12-5-3-9/h2-8H,1H3,(H,12,14,17). The van der Waals surface area contributed by atoms with E-state index in [1.165, 1.54) is 10.9 Å². The number of hydrogen-bond acceptors (Lipinski definition) is 5. The van der Waals surface area contributed by atoms with Gasteiger partial charge in [0.25, 0.3) is 0 Å². The molecule has 0 aliphatic carbocycles. The minimum absolute atomic E-state index is 0.149. The van der Waals surface area contributed by atoms with Gasteiger partial charge in [-0.25, -0.2) is 0 Å². The van der Waals surface area contributed by atoms with Gasteiger partial charge in [0.2, 0.25) is 5.91 Å². The molecule has 1 unspecified atom stereocenters. The highest BCUT2D eigenvalue weighted by molar-refractivity contribution is 5.93. The van der Waals surface area contributed by atoms with Gasteiger partial charge < -0.3 is 5.32 Å². The van der Waals surface area contributed by atoms with Crippen molar-refractivity contribution >= 4 is 17.3 Å². The van der Waals surface area contributed by atoms with Crippen molar-refractivity contribution < 1.29 is 9.72 Å². The fraction of sp³-hybridized carbons (Fsp3) is 0.182. The number of carbonyl (C=O) groups is 1. The molecule has 0 bridgehead atoms. The molecule has 0 aliphatic rings. The van der Waals surface area contributed by atoms with Crippen LogP contribution in [0.1, 0.15) is 13.0 Å². The number of carbonyl (C=O) groups excluding carboxylic acids is 1. The molecular weight excluding hydrogens is 250 g/mol. The van der Waals surface area contributed by atoms with Crippen LogP contribution in [-0.4, -0.2) is 25.6 Å². The lowest BCUT2D eigenvalue weighted by Gasteiger charge is -2.11. The lowest BCUT2D eigenvalue weighted by molar-refractivity contribution is -0.385. The summed E-state index contributed by atoms with van der Waals surface area (Å²) in [6, 6.07) is 2.65. The van der Waals surface area contributed by atoms with Gasteiger partial charge in [-0.3, -0.25) is 24.6 Å². The van der Waals surface area contributed by atoms with Crippen molar-refractivity contribution in [3.8, 4) is 0 Å². The minimum atomic E-state index is -0.651. The van der Waals surface area contributed by atoms with Gasteiger partial charge in [0.15, 0.2) is 0 Å². The molecule has 1 atom stereocenters. The highest BCUT2D eigenvalue weighted by Gasteiger charge is 2.19. The fourth-order valence-electron chi connectivity index (χ4n) is 1.44. The Morgan fingerprint density at radius 1 is 1.47 bits per heavy atom. The minimum Gasteiger partial charge on any atom is -0.324 e. The summed E-state index contributed by atoms with van der Waals surface area (Å²) in [6.45, 7) is 1.60. The van der Waals surface area contributed by atoms with Crippen molar-refractivity contribution in [2.45, 2.75) is 13.0 Å². The Morgan fingerprint density at radius 3 is 2.74 bits per heavy atom. The molecule has 0 fully saturated rings. The molecule has 0 saturated carbocycles. The van der Waals surface area contributed by atoms with Gasteiger partial charge in [-0.2, -0.15) is 5.10 Å². The number of amides is 1. The van der Waals surface area contributed by atoms with Gasteiger partial charge >= 0.3 is 5.69 Å². The molecule has 1 N–H and O–H groups in total. The van der Waals surface area contributed by atoms with Crippen molar-refractivity contribution in [2.24, 2.45) is 0 Å². The lowest BCUT2D eigenvalue weighted by atomic mass is 10.3. The Balaban J connectivity index is 2.08. The first-order chi connectivity index (χ1) is 9.08. The van der Waals surface area contributed by atoms with Gasteiger partial charge in [0.1, 0.15) is 18.4 Å². The number of anilines is 1. The summed E-state index contributed by atoms with van der Waals surface area (Å²) >= 11 is 0. The zero-order valence-electron chi connectivity index (χ0n) is 10.1. The van der Waals surface area contributed by atoms with Crippen LogP contribution < -0.4 is 5.32 Å². The molecule has 19 heavy (non-hydrogen) atoms. The fourth-order valence-corrected chi connectivity index (χ4v) is 1.44. The Morgan fingerprint density at radius 2 is 2.16 bits per heavy atom. The van der Waals surface area contributed by atoms with Crippen molar-refractivity contribution in [1.82, 2.24) is 14.8 Å². The number of hydrogen-bond donors (Lipinski definition) is 1. The van der Waals surface area contributed by atoms with Crippen LogP contribution in [0.25, 0.3) is 0 Å². The summed E-state index contributed by atoms with van der Waals surface area (Å²) in [5.74, 6) is -0.316. The molecule has 0 radical (unpaired) electrons. The number of pyridine rings is 1. The van der Waals surface area contributed by atoms with E-state index < -0.39 is 11.0 Å². The molecule has 2 heterocycles. The Labute approximate surface area is 108 Å². The molecule has 2 aromatic rings. The smallest absolute Gasteiger partial charge is 0.307 e. The highest BCUT2D eigenvalue weighted by atomic mass is 16.6. The van der Waals surface area contributed by atoms with Gasteiger partial charge in [0, 0.05) is 18.1 Å². The summed E-state index contributed by atoms with van der Waals surface area (Å²) in [7, 11) is 0. The van der Waals surface area contributed by atoms with Crippen LogP contribution in [-0.2, 0) is 4.79 Å². The Bertz CT molecular complexity index is 595. The van der Waals surface area contributed by atoms with E-state index in [9.17, 15) is 14.9 Å². The number of nitrogens with zero attached hydrogens (tertiary/aromatic N) is 4. The van der Waals surface area contributed by atoms with E-state index in [0.29, 0.717) is 5.69 Å². The molecule has 0 aromatic carbocycles. The normalized spacial score (nSPS) is 11.8. The van der Waals surface area contributed by atoms with Crippen molar-refractivity contribution in [3.05, 3.63) is 47.0 Å². The average molecular weight is 261 g/mol. The molecule has 2 rings (SSSR count). The maximum absolute atomic E-state index is 11.9. The van der Waals surface area contributed by atoms with Crippen LogP contribution in [0.15, 0.2) is 36.9 Å². The van der Waals surface area contributed by atoms with E-state index in [1.807, 2.05) is 0 Å². The number of aromatic nitrogens is 3. The molecule has 0 spiro atoms. The summed E-state index contributed by atoms with van der Waals surface area (Å²) in [5.41, 5.74) is 0.456. The number of rotatable bonds is 4. The van der Waals surface area contributed by atoms with Crippen LogP contribution in [0.5, 0.6) is 0 Å². The summed E-state index contributed by atoms with van der Waals surface area (Å²) < 4.78 is 1.24. The predicted octanol–water partition coefficient (Wildman–Crippen LogP) is 1.39. The Kier molecular flexibility index (Phi) is 3.51. The Hall–Kier alpha value is -2.77. The molecule has 2 aromatic heterocycles. The monoisotopic (exact) mass is 261 g/mol. The van der Waals surface area contributed by atoms with E-state index in [0.717, 1.165) is 6.20 Å². The summed E-state index contributed by atoms with van der Waals surface area (Å²) in [5, 5.41) is 17.0. The largest absolute Gasteiger partial charge is 0.324 e. The predicted molar refractivity (Wildman–Crippen MR) is 66.5 cm³/mol. The van der Waals surface area contributed by atoms with E-state index in [-0.39, 0.29) is 11.6 Å². The summed E-state index contributed by atoms with van der Waals surface area (Å²) in [6.07, 6.45) is 5.44. The SMILES string of the molecule is CC(C(=O)Nc1ccncc1)n1cc([N+](=O)[O-])cn1. The molecule has 8 nitrogen and oxygen atoms in total. The van der Waals surface area contributed by atoms with Crippen molar-refractivity contribution in [3.63, 3.8) is 0 Å². The first-order valence-corrected chi connectivity index (χ1v) is 5.47. The van der Waals surface area contributed by atoms with Gasteiger partial charge in [-0.1, -0.05) is 0 Å². The zero-order valence-corrected chi connectivity index (χ0v) is 10.1. The van der Waals surface area contributed by atoms with E-state index >= 15 is 0 Å². The van der Waals surface area contributed by atoms with Crippen LogP contribution in [0.3, 0.4) is 0 Å². The van der Waals surface area contributed by atoms with Crippen LogP contribution in [0.2, 0.25) is 0 Å². The second kappa shape index (κ2) is 5.25. The van der Waals surface area contributed by atoms with Crippen LogP contribution in [0.4, 0.5) is 11.4 Å². The third kappa shape index (κ3) is 2.92. The average Bonchev–Trinajstić information content (AvgIpc) is 2.88. The topological polar surface area (TPSA) is 103 Å². The third-order valence-electron chi connectivity index (χ3n) is 2.52. The molecule has 0 aliphatic heterocycles. The van der Waals surface area contributed by atoms with Gasteiger partial charge in [-0.15, -0.1) is 0 Å². The first-order valence-electron chi connectivity index (χ1n) is 5.47. The molecule has 8 heteroatoms. The third-order valence-corrected chi connectivity index (χ3v) is 2.52. The number of nitrogens with one attached hydrogen (secondary N) is 1. The van der Waals surface area contributed by atoms with Gasteiger partial charge in [-0.05, 0) is 19.1 Å². The zero-order chi connectivity index (χ0) is 13.8. The molecule has 0 saturated heterocycles.